The van der Waals surface area contributed by atoms with E-state index in [2.05, 4.69) is 18.7 Å². The highest BCUT2D eigenvalue weighted by molar-refractivity contribution is 8.14. The van der Waals surface area contributed by atoms with Gasteiger partial charge in [0.1, 0.15) is 0 Å². The number of thioether (sulfide) groups is 1. The molecular formula is C10H19NOS. The number of piperidine rings is 1. The molecule has 3 heteroatoms. The normalized spacial score (nSPS) is 20.9. The molecule has 1 fully saturated rings. The summed E-state index contributed by atoms with van der Waals surface area (Å²) in [6.07, 6.45) is 2.34. The molecule has 0 aromatic rings. The van der Waals surface area contributed by atoms with Gasteiger partial charge < -0.3 is 4.90 Å². The van der Waals surface area contributed by atoms with Crippen molar-refractivity contribution in [1.82, 2.24) is 4.90 Å². The predicted octanol–water partition coefficient (Wildman–Crippen LogP) is 2.14. The summed E-state index contributed by atoms with van der Waals surface area (Å²) in [5.41, 5.74) is 0. The molecule has 1 heterocycles. The zero-order valence-corrected chi connectivity index (χ0v) is 9.56. The van der Waals surface area contributed by atoms with Crippen LogP contribution in [0.4, 0.5) is 0 Å². The molecule has 0 saturated carbocycles. The zero-order chi connectivity index (χ0) is 9.84. The first-order valence-electron chi connectivity index (χ1n) is 5.01. The molecule has 0 aliphatic carbocycles. The Bertz CT molecular complexity index is 174. The molecule has 1 saturated heterocycles. The lowest BCUT2D eigenvalue weighted by Crippen LogP contribution is -2.39. The van der Waals surface area contributed by atoms with Crippen LogP contribution < -0.4 is 0 Å². The number of nitrogens with zero attached hydrogens (tertiary/aromatic N) is 1. The summed E-state index contributed by atoms with van der Waals surface area (Å²) in [6, 6.07) is 0.656. The highest BCUT2D eigenvalue weighted by Gasteiger charge is 2.21. The molecule has 0 aromatic carbocycles. The molecule has 0 atom stereocenters. The van der Waals surface area contributed by atoms with Gasteiger partial charge in [0, 0.05) is 18.2 Å². The van der Waals surface area contributed by atoms with Gasteiger partial charge in [0.05, 0.1) is 0 Å². The van der Waals surface area contributed by atoms with E-state index in [0.29, 0.717) is 11.3 Å². The smallest absolute Gasteiger partial charge is 0.186 e. The summed E-state index contributed by atoms with van der Waals surface area (Å²) < 4.78 is 0. The maximum absolute atomic E-state index is 10.9. The topological polar surface area (TPSA) is 20.3 Å². The Kier molecular flexibility index (Phi) is 4.26. The van der Waals surface area contributed by atoms with Crippen LogP contribution in [0.3, 0.4) is 0 Å². The van der Waals surface area contributed by atoms with E-state index in [1.807, 2.05) is 0 Å². The van der Waals surface area contributed by atoms with Crippen molar-refractivity contribution < 1.29 is 4.79 Å². The van der Waals surface area contributed by atoms with Crippen molar-refractivity contribution in [3.05, 3.63) is 0 Å². The third-order valence-electron chi connectivity index (χ3n) is 2.54. The third kappa shape index (κ3) is 3.69. The van der Waals surface area contributed by atoms with Crippen molar-refractivity contribution in [1.29, 1.82) is 0 Å². The van der Waals surface area contributed by atoms with Gasteiger partial charge in [-0.3, -0.25) is 4.79 Å². The molecule has 2 nitrogen and oxygen atoms in total. The van der Waals surface area contributed by atoms with E-state index in [0.717, 1.165) is 13.1 Å². The van der Waals surface area contributed by atoms with Gasteiger partial charge in [-0.05, 0) is 39.8 Å². The van der Waals surface area contributed by atoms with E-state index in [1.54, 1.807) is 6.92 Å². The summed E-state index contributed by atoms with van der Waals surface area (Å²) in [7, 11) is 0. The van der Waals surface area contributed by atoms with Crippen molar-refractivity contribution in [2.45, 2.75) is 44.9 Å². The summed E-state index contributed by atoms with van der Waals surface area (Å²) >= 11 is 1.52. The number of carbonyl (C=O) groups excluding carboxylic acids is 1. The van der Waals surface area contributed by atoms with Gasteiger partial charge in [0.2, 0.25) is 0 Å². The second-order valence-electron chi connectivity index (χ2n) is 3.94. The summed E-state index contributed by atoms with van der Waals surface area (Å²) in [6.45, 7) is 8.45. The van der Waals surface area contributed by atoms with E-state index >= 15 is 0 Å². The molecule has 0 bridgehead atoms. The standard InChI is InChI=1S/C10H19NOS/c1-8(2)11-6-4-10(5-7-11)13-9(3)12/h8,10H,4-7H2,1-3H3. The fourth-order valence-electron chi connectivity index (χ4n) is 1.74. The number of hydrogen-bond donors (Lipinski definition) is 0. The molecular weight excluding hydrogens is 182 g/mol. The fourth-order valence-corrected chi connectivity index (χ4v) is 2.66. The molecule has 0 amide bonds. The fraction of sp³-hybridized carbons (Fsp3) is 0.900. The van der Waals surface area contributed by atoms with Gasteiger partial charge in [-0.2, -0.15) is 0 Å². The highest BCUT2D eigenvalue weighted by Crippen LogP contribution is 2.24. The first-order chi connectivity index (χ1) is 6.09. The van der Waals surface area contributed by atoms with Gasteiger partial charge in [0.25, 0.3) is 0 Å². The number of carbonyl (C=O) groups is 1. The highest BCUT2D eigenvalue weighted by atomic mass is 32.2. The van der Waals surface area contributed by atoms with Gasteiger partial charge in [-0.25, -0.2) is 0 Å². The van der Waals surface area contributed by atoms with Gasteiger partial charge in [-0.1, -0.05) is 11.8 Å². The number of rotatable bonds is 2. The van der Waals surface area contributed by atoms with Crippen LogP contribution in [0.1, 0.15) is 33.6 Å². The molecule has 0 aromatic heterocycles. The van der Waals surface area contributed by atoms with Crippen LogP contribution in [0.5, 0.6) is 0 Å². The molecule has 76 valence electrons. The SMILES string of the molecule is CC(=O)SC1CCN(C(C)C)CC1. The van der Waals surface area contributed by atoms with E-state index < -0.39 is 0 Å². The second-order valence-corrected chi connectivity index (χ2v) is 5.42. The Balaban J connectivity index is 2.26. The van der Waals surface area contributed by atoms with Crippen molar-refractivity contribution >= 4 is 16.9 Å². The van der Waals surface area contributed by atoms with Crippen LogP contribution in [0.25, 0.3) is 0 Å². The van der Waals surface area contributed by atoms with Crippen molar-refractivity contribution in [3.8, 4) is 0 Å². The van der Waals surface area contributed by atoms with Crippen LogP contribution in [0.15, 0.2) is 0 Å². The Labute approximate surface area is 85.1 Å². The molecule has 1 aliphatic heterocycles. The lowest BCUT2D eigenvalue weighted by molar-refractivity contribution is -0.109. The largest absolute Gasteiger partial charge is 0.301 e. The van der Waals surface area contributed by atoms with Crippen molar-refractivity contribution in [2.75, 3.05) is 13.1 Å². The summed E-state index contributed by atoms with van der Waals surface area (Å²) in [4.78, 5) is 13.4. The molecule has 0 N–H and O–H groups in total. The van der Waals surface area contributed by atoms with Gasteiger partial charge in [0.15, 0.2) is 5.12 Å². The monoisotopic (exact) mass is 201 g/mol. The summed E-state index contributed by atoms with van der Waals surface area (Å²) in [5.74, 6) is 0. The van der Waals surface area contributed by atoms with Crippen LogP contribution in [0.2, 0.25) is 0 Å². The average Bonchev–Trinajstić information content (AvgIpc) is 2.04. The zero-order valence-electron chi connectivity index (χ0n) is 8.75. The quantitative estimate of drug-likeness (QED) is 0.682. The Morgan fingerprint density at radius 3 is 2.31 bits per heavy atom. The predicted molar refractivity (Wildman–Crippen MR) is 58.0 cm³/mol. The van der Waals surface area contributed by atoms with Crippen molar-refractivity contribution in [2.24, 2.45) is 0 Å². The van der Waals surface area contributed by atoms with E-state index in [4.69, 9.17) is 0 Å². The van der Waals surface area contributed by atoms with Crippen LogP contribution in [0, 0.1) is 0 Å². The Hall–Kier alpha value is -0.0200. The van der Waals surface area contributed by atoms with E-state index in [-0.39, 0.29) is 5.12 Å². The molecule has 0 unspecified atom stereocenters. The van der Waals surface area contributed by atoms with Crippen molar-refractivity contribution in [3.63, 3.8) is 0 Å². The minimum absolute atomic E-state index is 0.267. The minimum Gasteiger partial charge on any atom is -0.301 e. The lowest BCUT2D eigenvalue weighted by Gasteiger charge is -2.33. The lowest BCUT2D eigenvalue weighted by atomic mass is 10.1. The maximum Gasteiger partial charge on any atom is 0.186 e. The van der Waals surface area contributed by atoms with Gasteiger partial charge in [-0.15, -0.1) is 0 Å². The number of hydrogen-bond acceptors (Lipinski definition) is 3. The average molecular weight is 201 g/mol. The third-order valence-corrected chi connectivity index (χ3v) is 3.68. The van der Waals surface area contributed by atoms with Crippen LogP contribution in [-0.4, -0.2) is 34.4 Å². The van der Waals surface area contributed by atoms with E-state index in [9.17, 15) is 4.79 Å². The first kappa shape index (κ1) is 11.1. The molecule has 0 spiro atoms. The number of likely N-dealkylation sites (tertiary alicyclic amines) is 1. The van der Waals surface area contributed by atoms with E-state index in [1.165, 1.54) is 24.6 Å². The maximum atomic E-state index is 10.9. The first-order valence-corrected chi connectivity index (χ1v) is 5.89. The molecule has 1 aliphatic rings. The van der Waals surface area contributed by atoms with Gasteiger partial charge >= 0.3 is 0 Å². The van der Waals surface area contributed by atoms with Crippen LogP contribution >= 0.6 is 11.8 Å². The summed E-state index contributed by atoms with van der Waals surface area (Å²) in [5, 5.41) is 0.843. The molecule has 1 rings (SSSR count). The second kappa shape index (κ2) is 5.01. The van der Waals surface area contributed by atoms with Crippen LogP contribution in [-0.2, 0) is 4.79 Å². The molecule has 0 radical (unpaired) electrons. The molecule has 13 heavy (non-hydrogen) atoms. The Morgan fingerprint density at radius 2 is 1.92 bits per heavy atom. The minimum atomic E-state index is 0.267. The Morgan fingerprint density at radius 1 is 1.38 bits per heavy atom.